The van der Waals surface area contributed by atoms with Crippen LogP contribution in [0, 0.1) is 0 Å². The summed E-state index contributed by atoms with van der Waals surface area (Å²) in [5.41, 5.74) is 4.23. The average Bonchev–Trinajstić information content (AvgIpc) is 2.88. The molecule has 1 aliphatic carbocycles. The lowest BCUT2D eigenvalue weighted by Gasteiger charge is -2.19. The van der Waals surface area contributed by atoms with Gasteiger partial charge in [-0.1, -0.05) is 18.2 Å². The highest BCUT2D eigenvalue weighted by molar-refractivity contribution is 6.35. The van der Waals surface area contributed by atoms with Crippen LogP contribution >= 0.6 is 0 Å². The SMILES string of the molecule is O=C1Nc2ccccc2/C1=C/c1cc(O)c2c(c1O)CCCC2. The predicted octanol–water partition coefficient (Wildman–Crippen LogP) is 3.47. The number of amides is 1. The number of carbonyl (C=O) groups is 1. The highest BCUT2D eigenvalue weighted by Crippen LogP contribution is 2.40. The molecule has 0 saturated heterocycles. The summed E-state index contributed by atoms with van der Waals surface area (Å²) in [7, 11) is 0. The second-order valence-corrected chi connectivity index (χ2v) is 6.06. The highest BCUT2D eigenvalue weighted by atomic mass is 16.3. The van der Waals surface area contributed by atoms with Gasteiger partial charge in [0.2, 0.25) is 0 Å². The molecule has 1 aliphatic heterocycles. The number of carbonyl (C=O) groups excluding carboxylic acids is 1. The van der Waals surface area contributed by atoms with Crippen molar-refractivity contribution in [3.05, 3.63) is 52.6 Å². The van der Waals surface area contributed by atoms with Crippen molar-refractivity contribution in [3.8, 4) is 11.5 Å². The van der Waals surface area contributed by atoms with E-state index >= 15 is 0 Å². The first-order chi connectivity index (χ1) is 11.1. The smallest absolute Gasteiger partial charge is 0.256 e. The van der Waals surface area contributed by atoms with Gasteiger partial charge >= 0.3 is 0 Å². The number of hydrogen-bond donors (Lipinski definition) is 3. The monoisotopic (exact) mass is 307 g/mol. The van der Waals surface area contributed by atoms with E-state index in [1.54, 1.807) is 12.1 Å². The number of para-hydroxylation sites is 1. The Labute approximate surface area is 134 Å². The van der Waals surface area contributed by atoms with Crippen molar-refractivity contribution in [2.24, 2.45) is 0 Å². The van der Waals surface area contributed by atoms with E-state index in [9.17, 15) is 15.0 Å². The third kappa shape index (κ3) is 2.18. The van der Waals surface area contributed by atoms with Gasteiger partial charge in [-0.15, -0.1) is 0 Å². The van der Waals surface area contributed by atoms with E-state index in [1.165, 1.54) is 0 Å². The Bertz CT molecular complexity index is 852. The standard InChI is InChI=1S/C19H17NO3/c21-17-10-11(18(22)14-7-2-1-6-13(14)17)9-15-12-5-3-4-8-16(12)20-19(15)23/h3-5,8-10,21-22H,1-2,6-7H2,(H,20,23)/b15-9-. The van der Waals surface area contributed by atoms with Crippen LogP contribution in [0.15, 0.2) is 30.3 Å². The van der Waals surface area contributed by atoms with Gasteiger partial charge in [0.15, 0.2) is 0 Å². The van der Waals surface area contributed by atoms with Gasteiger partial charge in [0, 0.05) is 33.5 Å². The van der Waals surface area contributed by atoms with Crippen LogP contribution in [0.4, 0.5) is 5.69 Å². The molecule has 0 saturated carbocycles. The molecule has 2 aromatic rings. The maximum Gasteiger partial charge on any atom is 0.256 e. The van der Waals surface area contributed by atoms with Crippen LogP contribution in [0.1, 0.15) is 35.1 Å². The van der Waals surface area contributed by atoms with Gasteiger partial charge in [0.25, 0.3) is 5.91 Å². The van der Waals surface area contributed by atoms with Crippen LogP contribution in [0.25, 0.3) is 11.6 Å². The topological polar surface area (TPSA) is 69.6 Å². The number of hydrogen-bond acceptors (Lipinski definition) is 3. The fraction of sp³-hybridized carbons (Fsp3) is 0.211. The summed E-state index contributed by atoms with van der Waals surface area (Å²) in [4.78, 5) is 12.2. The van der Waals surface area contributed by atoms with Crippen LogP contribution in [0.5, 0.6) is 11.5 Å². The molecule has 0 atom stereocenters. The number of benzene rings is 2. The Morgan fingerprint density at radius 2 is 1.78 bits per heavy atom. The molecule has 1 amide bonds. The Hall–Kier alpha value is -2.75. The molecule has 4 heteroatoms. The molecule has 2 aliphatic rings. The molecule has 0 aromatic heterocycles. The number of fused-ring (bicyclic) bond motifs is 2. The first-order valence-electron chi connectivity index (χ1n) is 7.84. The Morgan fingerprint density at radius 3 is 2.61 bits per heavy atom. The molecular weight excluding hydrogens is 290 g/mol. The number of rotatable bonds is 1. The van der Waals surface area contributed by atoms with Crippen molar-refractivity contribution in [2.45, 2.75) is 25.7 Å². The molecule has 0 bridgehead atoms. The molecular formula is C19H17NO3. The summed E-state index contributed by atoms with van der Waals surface area (Å²) in [6.45, 7) is 0. The van der Waals surface area contributed by atoms with Crippen LogP contribution in [-0.2, 0) is 17.6 Å². The number of aromatic hydroxyl groups is 2. The summed E-state index contributed by atoms with van der Waals surface area (Å²) < 4.78 is 0. The number of phenolic OH excluding ortho intramolecular Hbond substituents is 2. The lowest BCUT2D eigenvalue weighted by atomic mass is 9.88. The Morgan fingerprint density at radius 1 is 1.04 bits per heavy atom. The van der Waals surface area contributed by atoms with Crippen LogP contribution in [-0.4, -0.2) is 16.1 Å². The normalized spacial score (nSPS) is 17.7. The first-order valence-corrected chi connectivity index (χ1v) is 7.84. The quantitative estimate of drug-likeness (QED) is 0.558. The second-order valence-electron chi connectivity index (χ2n) is 6.06. The molecule has 0 radical (unpaired) electrons. The molecule has 1 heterocycles. The first kappa shape index (κ1) is 13.9. The van der Waals surface area contributed by atoms with E-state index in [-0.39, 0.29) is 17.4 Å². The molecule has 116 valence electrons. The largest absolute Gasteiger partial charge is 0.508 e. The summed E-state index contributed by atoms with van der Waals surface area (Å²) in [6, 6.07) is 9.01. The van der Waals surface area contributed by atoms with Crippen molar-refractivity contribution < 1.29 is 15.0 Å². The van der Waals surface area contributed by atoms with Crippen molar-refractivity contribution in [1.29, 1.82) is 0 Å². The highest BCUT2D eigenvalue weighted by Gasteiger charge is 2.25. The summed E-state index contributed by atoms with van der Waals surface area (Å²) in [5, 5.41) is 23.6. The lowest BCUT2D eigenvalue weighted by molar-refractivity contribution is -0.110. The van der Waals surface area contributed by atoms with Gasteiger partial charge in [-0.2, -0.15) is 0 Å². The molecule has 2 aromatic carbocycles. The van der Waals surface area contributed by atoms with E-state index in [0.717, 1.165) is 48.1 Å². The average molecular weight is 307 g/mol. The van der Waals surface area contributed by atoms with Crippen molar-refractivity contribution in [2.75, 3.05) is 5.32 Å². The van der Waals surface area contributed by atoms with Crippen molar-refractivity contribution >= 4 is 23.2 Å². The molecule has 23 heavy (non-hydrogen) atoms. The molecule has 4 rings (SSSR count). The van der Waals surface area contributed by atoms with Gasteiger partial charge in [0.1, 0.15) is 11.5 Å². The summed E-state index contributed by atoms with van der Waals surface area (Å²) >= 11 is 0. The van der Waals surface area contributed by atoms with Gasteiger partial charge in [-0.3, -0.25) is 4.79 Å². The molecule has 0 spiro atoms. The van der Waals surface area contributed by atoms with Crippen LogP contribution < -0.4 is 5.32 Å². The zero-order valence-corrected chi connectivity index (χ0v) is 12.6. The zero-order valence-electron chi connectivity index (χ0n) is 12.6. The number of anilines is 1. The van der Waals surface area contributed by atoms with E-state index in [0.29, 0.717) is 11.1 Å². The van der Waals surface area contributed by atoms with E-state index in [4.69, 9.17) is 0 Å². The van der Waals surface area contributed by atoms with E-state index in [2.05, 4.69) is 5.32 Å². The number of nitrogens with one attached hydrogen (secondary N) is 1. The fourth-order valence-electron chi connectivity index (χ4n) is 3.47. The van der Waals surface area contributed by atoms with Crippen molar-refractivity contribution in [1.82, 2.24) is 0 Å². The third-order valence-corrected chi connectivity index (χ3v) is 4.64. The maximum atomic E-state index is 12.2. The van der Waals surface area contributed by atoms with Crippen LogP contribution in [0.2, 0.25) is 0 Å². The Kier molecular flexibility index (Phi) is 3.11. The minimum Gasteiger partial charge on any atom is -0.508 e. The fourth-order valence-corrected chi connectivity index (χ4v) is 3.47. The van der Waals surface area contributed by atoms with Gasteiger partial charge < -0.3 is 15.5 Å². The second kappa shape index (κ2) is 5.16. The summed E-state index contributed by atoms with van der Waals surface area (Å²) in [6.07, 6.45) is 5.23. The minimum absolute atomic E-state index is 0.183. The van der Waals surface area contributed by atoms with Crippen molar-refractivity contribution in [3.63, 3.8) is 0 Å². The molecule has 3 N–H and O–H groups in total. The van der Waals surface area contributed by atoms with Gasteiger partial charge in [0.05, 0.1) is 0 Å². The third-order valence-electron chi connectivity index (χ3n) is 4.64. The van der Waals surface area contributed by atoms with Crippen LogP contribution in [0.3, 0.4) is 0 Å². The minimum atomic E-state index is -0.192. The van der Waals surface area contributed by atoms with E-state index in [1.807, 2.05) is 24.3 Å². The van der Waals surface area contributed by atoms with E-state index < -0.39 is 0 Å². The van der Waals surface area contributed by atoms with Gasteiger partial charge in [-0.05, 0) is 43.9 Å². The molecule has 0 unspecified atom stereocenters. The molecule has 4 nitrogen and oxygen atoms in total. The predicted molar refractivity (Wildman–Crippen MR) is 89.4 cm³/mol. The Balaban J connectivity index is 1.86. The zero-order chi connectivity index (χ0) is 16.0. The lowest BCUT2D eigenvalue weighted by Crippen LogP contribution is -2.05. The van der Waals surface area contributed by atoms with Gasteiger partial charge in [-0.25, -0.2) is 0 Å². The molecule has 0 fully saturated rings. The number of phenols is 2. The summed E-state index contributed by atoms with van der Waals surface area (Å²) in [5.74, 6) is 0.195. The maximum absolute atomic E-state index is 12.2.